The number of hydrogen-bond acceptors (Lipinski definition) is 8. The predicted molar refractivity (Wildman–Crippen MR) is 138 cm³/mol. The number of amides is 2. The van der Waals surface area contributed by atoms with Crippen LogP contribution in [0.1, 0.15) is 56.2 Å². The van der Waals surface area contributed by atoms with Gasteiger partial charge in [-0.15, -0.1) is 0 Å². The number of anilines is 1. The SMILES string of the molecule is CC(=O)N1CC[C@H](Nc2n[nH]c3nccc(-c4ccc(CNC(=O)c5noc(C(C)(C)C)n5)c(F)c4)c23)C1. The number of nitrogens with one attached hydrogen (secondary N) is 3. The number of likely N-dealkylation sites (tertiary alicyclic amines) is 1. The first-order chi connectivity index (χ1) is 18.1. The number of carbonyl (C=O) groups is 2. The zero-order valence-electron chi connectivity index (χ0n) is 21.6. The Morgan fingerprint density at radius 2 is 2.08 bits per heavy atom. The Morgan fingerprint density at radius 3 is 2.76 bits per heavy atom. The van der Waals surface area contributed by atoms with Crippen molar-refractivity contribution in [3.05, 3.63) is 53.6 Å². The molecule has 2 amide bonds. The molecule has 0 unspecified atom stereocenters. The number of halogens is 1. The van der Waals surface area contributed by atoms with E-state index in [4.69, 9.17) is 4.52 Å². The van der Waals surface area contributed by atoms with Crippen molar-refractivity contribution in [3.63, 3.8) is 0 Å². The van der Waals surface area contributed by atoms with Gasteiger partial charge in [0, 0.05) is 49.8 Å². The molecule has 198 valence electrons. The van der Waals surface area contributed by atoms with Crippen LogP contribution in [0.3, 0.4) is 0 Å². The standard InChI is InChI=1S/C26H29FN8O3/c1-14(36)35-10-8-17(13-35)30-22-20-18(7-9-28-21(20)32-33-22)15-5-6-16(19(27)11-15)12-29-24(37)23-31-25(38-34-23)26(2,3)4/h5-7,9,11,17H,8,10,12-13H2,1-4H3,(H,29,37)(H2,28,30,32,33)/t17-/m0/s1. The molecule has 0 radical (unpaired) electrons. The maximum Gasteiger partial charge on any atom is 0.292 e. The normalized spacial score (nSPS) is 15.7. The molecule has 38 heavy (non-hydrogen) atoms. The molecule has 3 aromatic heterocycles. The van der Waals surface area contributed by atoms with Crippen LogP contribution in [0, 0.1) is 5.82 Å². The van der Waals surface area contributed by atoms with Gasteiger partial charge in [0.1, 0.15) is 5.82 Å². The van der Waals surface area contributed by atoms with Gasteiger partial charge in [0.2, 0.25) is 11.8 Å². The molecule has 4 aromatic rings. The van der Waals surface area contributed by atoms with E-state index in [1.54, 1.807) is 36.2 Å². The lowest BCUT2D eigenvalue weighted by Gasteiger charge is -2.15. The highest BCUT2D eigenvalue weighted by atomic mass is 19.1. The maximum atomic E-state index is 15.1. The molecular formula is C26H29FN8O3. The van der Waals surface area contributed by atoms with E-state index in [-0.39, 0.29) is 29.7 Å². The Bertz CT molecular complexity index is 1510. The van der Waals surface area contributed by atoms with Crippen LogP contribution in [0.5, 0.6) is 0 Å². The van der Waals surface area contributed by atoms with Crippen LogP contribution in [0.4, 0.5) is 10.2 Å². The Labute approximate surface area is 218 Å². The van der Waals surface area contributed by atoms with Crippen LogP contribution in [-0.2, 0) is 16.8 Å². The molecule has 5 rings (SSSR count). The summed E-state index contributed by atoms with van der Waals surface area (Å²) in [4.78, 5) is 34.4. The molecular weight excluding hydrogens is 491 g/mol. The highest BCUT2D eigenvalue weighted by Gasteiger charge is 2.26. The Balaban J connectivity index is 1.33. The topological polar surface area (TPSA) is 142 Å². The minimum Gasteiger partial charge on any atom is -0.363 e. The first-order valence-electron chi connectivity index (χ1n) is 12.4. The summed E-state index contributed by atoms with van der Waals surface area (Å²) in [6.07, 6.45) is 2.44. The number of rotatable bonds is 6. The first-order valence-corrected chi connectivity index (χ1v) is 12.4. The summed E-state index contributed by atoms with van der Waals surface area (Å²) in [7, 11) is 0. The third-order valence-electron chi connectivity index (χ3n) is 6.51. The second-order valence-electron chi connectivity index (χ2n) is 10.4. The molecule has 1 saturated heterocycles. The number of hydrogen-bond donors (Lipinski definition) is 3. The van der Waals surface area contributed by atoms with E-state index in [9.17, 15) is 9.59 Å². The smallest absolute Gasteiger partial charge is 0.292 e. The van der Waals surface area contributed by atoms with E-state index in [0.29, 0.717) is 41.6 Å². The van der Waals surface area contributed by atoms with Gasteiger partial charge in [-0.1, -0.05) is 38.1 Å². The number of aromatic nitrogens is 5. The van der Waals surface area contributed by atoms with Crippen LogP contribution < -0.4 is 10.6 Å². The molecule has 4 heterocycles. The van der Waals surface area contributed by atoms with E-state index < -0.39 is 11.7 Å². The molecule has 11 nitrogen and oxygen atoms in total. The fraction of sp³-hybridized carbons (Fsp3) is 0.385. The quantitative estimate of drug-likeness (QED) is 0.351. The lowest BCUT2D eigenvalue weighted by atomic mass is 9.97. The molecule has 1 aromatic carbocycles. The monoisotopic (exact) mass is 520 g/mol. The van der Waals surface area contributed by atoms with Crippen LogP contribution in [0.2, 0.25) is 0 Å². The minimum absolute atomic E-state index is 0.0388. The van der Waals surface area contributed by atoms with Crippen LogP contribution in [-0.4, -0.2) is 61.2 Å². The second kappa shape index (κ2) is 9.84. The summed E-state index contributed by atoms with van der Waals surface area (Å²) in [5.74, 6) is -0.124. The number of pyridine rings is 1. The van der Waals surface area contributed by atoms with Crippen molar-refractivity contribution < 1.29 is 18.5 Å². The Hall–Kier alpha value is -4.35. The average Bonchev–Trinajstić information content (AvgIpc) is 3.63. The molecule has 0 saturated carbocycles. The fourth-order valence-electron chi connectivity index (χ4n) is 4.39. The van der Waals surface area contributed by atoms with E-state index in [1.165, 1.54) is 6.07 Å². The third-order valence-corrected chi connectivity index (χ3v) is 6.51. The highest BCUT2D eigenvalue weighted by molar-refractivity contribution is 6.00. The van der Waals surface area contributed by atoms with E-state index >= 15 is 4.39 Å². The van der Waals surface area contributed by atoms with Crippen molar-refractivity contribution in [1.82, 2.24) is 35.5 Å². The summed E-state index contributed by atoms with van der Waals surface area (Å²) in [6.45, 7) is 8.50. The number of fused-ring (bicyclic) bond motifs is 1. The van der Waals surface area contributed by atoms with E-state index in [1.807, 2.05) is 20.8 Å². The van der Waals surface area contributed by atoms with Gasteiger partial charge in [-0.3, -0.25) is 14.7 Å². The maximum absolute atomic E-state index is 15.1. The number of benzene rings is 1. The molecule has 3 N–H and O–H groups in total. The summed E-state index contributed by atoms with van der Waals surface area (Å²) < 4.78 is 20.3. The zero-order valence-corrected chi connectivity index (χ0v) is 21.6. The molecule has 1 fully saturated rings. The molecule has 1 aliphatic rings. The van der Waals surface area contributed by atoms with Gasteiger partial charge >= 0.3 is 0 Å². The third kappa shape index (κ3) is 5.06. The van der Waals surface area contributed by atoms with Gasteiger partial charge in [0.05, 0.1) is 5.39 Å². The molecule has 0 spiro atoms. The molecule has 0 aliphatic carbocycles. The largest absolute Gasteiger partial charge is 0.363 e. The fourth-order valence-corrected chi connectivity index (χ4v) is 4.39. The number of aromatic amines is 1. The summed E-state index contributed by atoms with van der Waals surface area (Å²) in [6, 6.07) is 6.70. The lowest BCUT2D eigenvalue weighted by Crippen LogP contribution is -2.29. The van der Waals surface area contributed by atoms with Gasteiger partial charge in [-0.25, -0.2) is 9.37 Å². The predicted octanol–water partition coefficient (Wildman–Crippen LogP) is 3.41. The van der Waals surface area contributed by atoms with Crippen LogP contribution in [0.25, 0.3) is 22.2 Å². The second-order valence-corrected chi connectivity index (χ2v) is 10.4. The van der Waals surface area contributed by atoms with Gasteiger partial charge in [-0.05, 0) is 29.7 Å². The molecule has 12 heteroatoms. The van der Waals surface area contributed by atoms with Crippen molar-refractivity contribution in [2.24, 2.45) is 0 Å². The van der Waals surface area contributed by atoms with Crippen LogP contribution in [0.15, 0.2) is 35.0 Å². The van der Waals surface area contributed by atoms with Crippen LogP contribution >= 0.6 is 0 Å². The van der Waals surface area contributed by atoms with Crippen molar-refractivity contribution in [1.29, 1.82) is 0 Å². The number of nitrogens with zero attached hydrogens (tertiary/aromatic N) is 5. The lowest BCUT2D eigenvalue weighted by molar-refractivity contribution is -0.127. The van der Waals surface area contributed by atoms with Crippen molar-refractivity contribution in [3.8, 4) is 11.1 Å². The molecule has 1 atom stereocenters. The van der Waals surface area contributed by atoms with Crippen molar-refractivity contribution in [2.75, 3.05) is 18.4 Å². The van der Waals surface area contributed by atoms with Crippen molar-refractivity contribution >= 4 is 28.7 Å². The van der Waals surface area contributed by atoms with E-state index in [2.05, 4.69) is 36.0 Å². The average molecular weight is 521 g/mol. The Morgan fingerprint density at radius 1 is 1.26 bits per heavy atom. The minimum atomic E-state index is -0.548. The number of carbonyl (C=O) groups excluding carboxylic acids is 2. The Kier molecular flexibility index (Phi) is 6.55. The van der Waals surface area contributed by atoms with Gasteiger partial charge in [0.25, 0.3) is 11.7 Å². The van der Waals surface area contributed by atoms with Gasteiger partial charge < -0.3 is 20.1 Å². The summed E-state index contributed by atoms with van der Waals surface area (Å²) in [5.41, 5.74) is 1.89. The zero-order chi connectivity index (χ0) is 27.0. The molecule has 1 aliphatic heterocycles. The van der Waals surface area contributed by atoms with E-state index in [0.717, 1.165) is 17.4 Å². The first kappa shape index (κ1) is 25.3. The van der Waals surface area contributed by atoms with Gasteiger partial charge in [-0.2, -0.15) is 10.1 Å². The van der Waals surface area contributed by atoms with Gasteiger partial charge in [0.15, 0.2) is 11.5 Å². The summed E-state index contributed by atoms with van der Waals surface area (Å²) in [5, 5.41) is 17.8. The number of H-pyrrole nitrogens is 1. The summed E-state index contributed by atoms with van der Waals surface area (Å²) >= 11 is 0. The highest BCUT2D eigenvalue weighted by Crippen LogP contribution is 2.33. The molecule has 0 bridgehead atoms. The van der Waals surface area contributed by atoms with Crippen molar-refractivity contribution in [2.45, 2.75) is 52.1 Å².